The Labute approximate surface area is 112 Å². The van der Waals surface area contributed by atoms with Gasteiger partial charge >= 0.3 is 0 Å². The lowest BCUT2D eigenvalue weighted by Crippen LogP contribution is -2.39. The van der Waals surface area contributed by atoms with Crippen LogP contribution in [0, 0.1) is 11.2 Å². The van der Waals surface area contributed by atoms with Gasteiger partial charge in [-0.25, -0.2) is 4.39 Å². The molecule has 0 radical (unpaired) electrons. The number of benzene rings is 1. The number of nitrogens with zero attached hydrogens (tertiary/aromatic N) is 1. The number of hydrogen-bond donors (Lipinski definition) is 2. The summed E-state index contributed by atoms with van der Waals surface area (Å²) in [6.07, 6.45) is 0.767. The number of carbonyl (C=O) groups excluding carboxylic acids is 1. The highest BCUT2D eigenvalue weighted by Crippen LogP contribution is 2.32. The van der Waals surface area contributed by atoms with Gasteiger partial charge in [0.1, 0.15) is 0 Å². The number of phenolic OH excluding ortho intramolecular Hbond substituents is 1. The molecular formula is C14H19FN2O2. The molecule has 1 aromatic carbocycles. The number of likely N-dealkylation sites (tertiary alicyclic amines) is 1. The van der Waals surface area contributed by atoms with Crippen LogP contribution in [-0.4, -0.2) is 36.1 Å². The van der Waals surface area contributed by atoms with Crippen molar-refractivity contribution in [2.24, 2.45) is 5.41 Å². The van der Waals surface area contributed by atoms with Crippen LogP contribution < -0.4 is 5.32 Å². The maximum absolute atomic E-state index is 13.3. The van der Waals surface area contributed by atoms with E-state index in [0.29, 0.717) is 18.7 Å². The van der Waals surface area contributed by atoms with Gasteiger partial charge in [0.2, 0.25) is 5.91 Å². The summed E-state index contributed by atoms with van der Waals surface area (Å²) in [4.78, 5) is 13.9. The van der Waals surface area contributed by atoms with Gasteiger partial charge < -0.3 is 10.4 Å². The molecule has 1 amide bonds. The summed E-state index contributed by atoms with van der Waals surface area (Å²) < 4.78 is 13.3. The first-order valence-corrected chi connectivity index (χ1v) is 6.37. The first-order valence-electron chi connectivity index (χ1n) is 6.37. The zero-order chi connectivity index (χ0) is 14.0. The lowest BCUT2D eigenvalue weighted by molar-refractivity contribution is -0.129. The Morgan fingerprint density at radius 1 is 1.58 bits per heavy atom. The number of aromatic hydroxyl groups is 1. The van der Waals surface area contributed by atoms with E-state index >= 15 is 0 Å². The van der Waals surface area contributed by atoms with Crippen molar-refractivity contribution in [1.82, 2.24) is 10.2 Å². The van der Waals surface area contributed by atoms with E-state index in [0.717, 1.165) is 13.0 Å². The van der Waals surface area contributed by atoms with Crippen molar-refractivity contribution in [2.45, 2.75) is 19.9 Å². The molecule has 1 aromatic rings. The van der Waals surface area contributed by atoms with Crippen LogP contribution >= 0.6 is 0 Å². The molecule has 19 heavy (non-hydrogen) atoms. The molecule has 0 aromatic heterocycles. The maximum atomic E-state index is 13.3. The summed E-state index contributed by atoms with van der Waals surface area (Å²) >= 11 is 0. The number of hydrogen-bond acceptors (Lipinski definition) is 3. The van der Waals surface area contributed by atoms with E-state index in [1.165, 1.54) is 6.07 Å². The number of rotatable bonds is 3. The molecule has 1 unspecified atom stereocenters. The van der Waals surface area contributed by atoms with Gasteiger partial charge in [-0.15, -0.1) is 0 Å². The molecule has 1 heterocycles. The summed E-state index contributed by atoms with van der Waals surface area (Å²) in [5, 5.41) is 12.3. The third kappa shape index (κ3) is 2.71. The van der Waals surface area contributed by atoms with Crippen molar-refractivity contribution in [3.05, 3.63) is 29.6 Å². The quantitative estimate of drug-likeness (QED) is 0.871. The average molecular weight is 266 g/mol. The van der Waals surface area contributed by atoms with Crippen molar-refractivity contribution < 1.29 is 14.3 Å². The van der Waals surface area contributed by atoms with Gasteiger partial charge in [-0.3, -0.25) is 9.69 Å². The molecule has 1 atom stereocenters. The van der Waals surface area contributed by atoms with Gasteiger partial charge in [0.05, 0.1) is 5.41 Å². The third-order valence-electron chi connectivity index (χ3n) is 3.79. The molecule has 1 saturated heterocycles. The largest absolute Gasteiger partial charge is 0.505 e. The molecule has 0 bridgehead atoms. The highest BCUT2D eigenvalue weighted by molar-refractivity contribution is 5.82. The lowest BCUT2D eigenvalue weighted by Gasteiger charge is -2.23. The Bertz CT molecular complexity index is 492. The molecule has 2 rings (SSSR count). The molecule has 0 aliphatic carbocycles. The van der Waals surface area contributed by atoms with Crippen LogP contribution in [0.3, 0.4) is 0 Å². The van der Waals surface area contributed by atoms with E-state index in [-0.39, 0.29) is 11.7 Å². The van der Waals surface area contributed by atoms with Crippen molar-refractivity contribution in [3.8, 4) is 5.75 Å². The van der Waals surface area contributed by atoms with Crippen molar-refractivity contribution in [2.75, 3.05) is 20.1 Å². The Morgan fingerprint density at radius 3 is 3.00 bits per heavy atom. The fourth-order valence-electron chi connectivity index (χ4n) is 2.61. The maximum Gasteiger partial charge on any atom is 0.227 e. The van der Waals surface area contributed by atoms with Crippen LogP contribution in [-0.2, 0) is 11.3 Å². The number of para-hydroxylation sites is 1. The van der Waals surface area contributed by atoms with Crippen molar-refractivity contribution in [1.29, 1.82) is 0 Å². The summed E-state index contributed by atoms with van der Waals surface area (Å²) in [6, 6.07) is 4.52. The molecule has 0 saturated carbocycles. The Kier molecular flexibility index (Phi) is 3.75. The fraction of sp³-hybridized carbons (Fsp3) is 0.500. The van der Waals surface area contributed by atoms with Crippen LogP contribution in [0.1, 0.15) is 18.9 Å². The Hall–Kier alpha value is -1.62. The Balaban J connectivity index is 2.06. The lowest BCUT2D eigenvalue weighted by atomic mass is 9.89. The molecule has 0 spiro atoms. The monoisotopic (exact) mass is 266 g/mol. The molecule has 4 nitrogen and oxygen atoms in total. The topological polar surface area (TPSA) is 52.6 Å². The first kappa shape index (κ1) is 13.8. The standard InChI is InChI=1S/C14H19FN2O2/c1-14(13(19)16-2)6-7-17(9-14)8-10-4-3-5-11(15)12(10)18/h3-5,18H,6-9H2,1-2H3,(H,16,19). The van der Waals surface area contributed by atoms with E-state index < -0.39 is 11.2 Å². The summed E-state index contributed by atoms with van der Waals surface area (Å²) in [6.45, 7) is 3.76. The molecule has 2 N–H and O–H groups in total. The van der Waals surface area contributed by atoms with Crippen LogP contribution in [0.4, 0.5) is 4.39 Å². The minimum Gasteiger partial charge on any atom is -0.505 e. The second-order valence-electron chi connectivity index (χ2n) is 5.35. The summed E-state index contributed by atoms with van der Waals surface area (Å²) in [7, 11) is 1.63. The van der Waals surface area contributed by atoms with Gasteiger partial charge in [-0.1, -0.05) is 12.1 Å². The van der Waals surface area contributed by atoms with Gasteiger partial charge in [0, 0.05) is 25.7 Å². The minimum atomic E-state index is -0.606. The van der Waals surface area contributed by atoms with Crippen LogP contribution in [0.15, 0.2) is 18.2 Å². The summed E-state index contributed by atoms with van der Waals surface area (Å²) in [5.74, 6) is -0.875. The fourth-order valence-corrected chi connectivity index (χ4v) is 2.61. The molecule has 1 aliphatic heterocycles. The van der Waals surface area contributed by atoms with Crippen molar-refractivity contribution in [3.63, 3.8) is 0 Å². The molecule has 5 heteroatoms. The number of phenols is 1. The Morgan fingerprint density at radius 2 is 2.32 bits per heavy atom. The SMILES string of the molecule is CNC(=O)C1(C)CCN(Cc2cccc(F)c2O)C1. The predicted molar refractivity (Wildman–Crippen MR) is 70.1 cm³/mol. The van der Waals surface area contributed by atoms with Gasteiger partial charge in [-0.05, 0) is 26.0 Å². The highest BCUT2D eigenvalue weighted by Gasteiger charge is 2.39. The van der Waals surface area contributed by atoms with E-state index in [1.54, 1.807) is 19.2 Å². The van der Waals surface area contributed by atoms with Gasteiger partial charge in [0.25, 0.3) is 0 Å². The number of carbonyl (C=O) groups is 1. The zero-order valence-corrected chi connectivity index (χ0v) is 11.2. The third-order valence-corrected chi connectivity index (χ3v) is 3.79. The van der Waals surface area contributed by atoms with Crippen molar-refractivity contribution >= 4 is 5.91 Å². The van der Waals surface area contributed by atoms with Gasteiger partial charge in [-0.2, -0.15) is 0 Å². The highest BCUT2D eigenvalue weighted by atomic mass is 19.1. The van der Waals surface area contributed by atoms with E-state index in [2.05, 4.69) is 10.2 Å². The smallest absolute Gasteiger partial charge is 0.227 e. The minimum absolute atomic E-state index is 0.0264. The number of nitrogens with one attached hydrogen (secondary N) is 1. The van der Waals surface area contributed by atoms with E-state index in [1.807, 2.05) is 6.92 Å². The molecule has 1 aliphatic rings. The van der Waals surface area contributed by atoms with Crippen LogP contribution in [0.5, 0.6) is 5.75 Å². The average Bonchev–Trinajstić information content (AvgIpc) is 2.77. The number of halogens is 1. The molecule has 1 fully saturated rings. The van der Waals surface area contributed by atoms with Gasteiger partial charge in [0.15, 0.2) is 11.6 Å². The number of amides is 1. The molecule has 104 valence electrons. The van der Waals surface area contributed by atoms with Crippen LogP contribution in [0.2, 0.25) is 0 Å². The second kappa shape index (κ2) is 5.17. The van der Waals surface area contributed by atoms with Crippen LogP contribution in [0.25, 0.3) is 0 Å². The second-order valence-corrected chi connectivity index (χ2v) is 5.35. The van der Waals surface area contributed by atoms with E-state index in [9.17, 15) is 14.3 Å². The molecular weight excluding hydrogens is 247 g/mol. The summed E-state index contributed by atoms with van der Waals surface area (Å²) in [5.41, 5.74) is 0.152. The predicted octanol–water partition coefficient (Wildman–Crippen LogP) is 1.49. The zero-order valence-electron chi connectivity index (χ0n) is 11.2. The normalized spacial score (nSPS) is 23.5. The van der Waals surface area contributed by atoms with E-state index in [4.69, 9.17) is 0 Å². The first-order chi connectivity index (χ1) is 8.96.